The lowest BCUT2D eigenvalue weighted by atomic mass is 9.91. The molecule has 13 rings (SSSR count). The van der Waals surface area contributed by atoms with Gasteiger partial charge in [-0.05, 0) is 218 Å². The van der Waals surface area contributed by atoms with Crippen LogP contribution >= 0.6 is 0 Å². The summed E-state index contributed by atoms with van der Waals surface area (Å²) in [5.41, 5.74) is -4.62. The van der Waals surface area contributed by atoms with Crippen LogP contribution in [0.1, 0.15) is 248 Å². The van der Waals surface area contributed by atoms with Crippen molar-refractivity contribution >= 4 is 83.6 Å². The van der Waals surface area contributed by atoms with Gasteiger partial charge in [-0.2, -0.15) is 26.3 Å². The minimum atomic E-state index is -4.26. The summed E-state index contributed by atoms with van der Waals surface area (Å²) in [6.07, 6.45) is 2.91. The normalized spacial score (nSPS) is 20.5. The van der Waals surface area contributed by atoms with Gasteiger partial charge in [0.2, 0.25) is 17.3 Å². The smallest absolute Gasteiger partial charge is 0.394 e. The molecule has 2 saturated heterocycles. The number of nitrogens with one attached hydrogen (secondary N) is 2. The minimum Gasteiger partial charge on any atom is -0.477 e. The topological polar surface area (TPSA) is 462 Å². The molecule has 6 heterocycles. The van der Waals surface area contributed by atoms with E-state index in [-0.39, 0.29) is 184 Å². The second-order valence-electron chi connectivity index (χ2n) is 47.3. The van der Waals surface area contributed by atoms with Crippen molar-refractivity contribution in [3.63, 3.8) is 0 Å². The van der Waals surface area contributed by atoms with Gasteiger partial charge in [0, 0.05) is 137 Å². The number of sulfonamides is 2. The number of carbonyl (C=O) groups is 6. The second-order valence-corrected chi connectivity index (χ2v) is 60.3. The van der Waals surface area contributed by atoms with Crippen LogP contribution in [0.25, 0.3) is 11.6 Å². The molecule has 0 spiro atoms. The number of nitrogens with zero attached hydrogens (tertiary/aromatic N) is 9. The van der Waals surface area contributed by atoms with Gasteiger partial charge < -0.3 is 63.1 Å². The number of aliphatic hydroxyl groups excluding tert-OH is 5. The van der Waals surface area contributed by atoms with E-state index in [9.17, 15) is 87.2 Å². The first-order valence-corrected chi connectivity index (χ1v) is 59.1. The molecule has 7 N–H and O–H groups in total. The fourth-order valence-electron chi connectivity index (χ4n) is 18.0. The first-order valence-electron chi connectivity index (χ1n) is 50.3. The number of Topliss-reactive ketones (excluding diaryl/α,β-unsaturated/α-hetero) is 2. The number of aliphatic hydroxyl groups is 5. The van der Waals surface area contributed by atoms with E-state index < -0.39 is 118 Å². The number of carbonyl (C=O) groups excluding carboxylic acids is 6. The number of pyridine rings is 2. The number of methoxy groups -OCH3 is 2. The summed E-state index contributed by atoms with van der Waals surface area (Å²) in [4.78, 5) is 94.7. The molecule has 34 nitrogen and oxygen atoms in total. The molecule has 44 heteroatoms. The van der Waals surface area contributed by atoms with Gasteiger partial charge in [-0.1, -0.05) is 126 Å². The third-order valence-electron chi connectivity index (χ3n) is 29.6. The summed E-state index contributed by atoms with van der Waals surface area (Å²) in [6.45, 7) is 50.6. The fourth-order valence-corrected chi connectivity index (χ4v) is 22.1. The fraction of sp³-hybridized carbons (Fsp3) is 0.657. The Labute approximate surface area is 875 Å². The molecule has 4 aromatic heterocycles. The Morgan fingerprint density at radius 3 is 1.23 bits per heavy atom. The van der Waals surface area contributed by atoms with Crippen LogP contribution in [0.2, 0.25) is 36.3 Å². The summed E-state index contributed by atoms with van der Waals surface area (Å²) in [7, 11) is -9.65. The maximum absolute atomic E-state index is 13.7. The average molecular weight is 2180 g/mol. The van der Waals surface area contributed by atoms with Crippen molar-refractivity contribution in [3.8, 4) is 23.4 Å². The lowest BCUT2D eigenvalue weighted by Gasteiger charge is -2.37. The monoisotopic (exact) mass is 2180 g/mol. The van der Waals surface area contributed by atoms with E-state index in [1.54, 1.807) is 42.6 Å². The standard InChI is InChI=1S/C34H46F3N5O5SSi.C28H32F3N5O5S.C14H28O2Si.C8H15NO5.C8H14O2.C8H16O.C5H8O3/c1-31(2,3)49(6,7)47-23-24-21-32(4,5)41(22-24)29-26(30(43)40-48(44,45)25-11-9-8-10-12-25)13-14-27(38-29)42-19-15-28(39-42)46-20-18-33(16-17-33)34(35,36)37;1-26(2)16-19(18-37)17-35(26)24-21(25(38)34-42(39,40)20-6-4-3-5-7-20)8-9-22(32-24)36-14-10-23(33-36)41-15-13-27(11-12-27)28(29,30)31;1-13(2,3)17(6,7)16-10-11-8-14(4,5)9-12(11)15;1-8(2,9(12)13)4-6(5-10)7(11)14-3;1-8(2)3-6(5-9)7(10)4-8;1-8(2)4-3-7(5-8)6-9;1-4(3-6)5(7)8-2/h8-15,19,24H,16-18,20-23H2,1-7H3,(H,40,43);3-10,14,19,37H,11-13,15-18H2,1-2H3,(H,34,38);11H,8-10H2,1-7H3;6,10H,4-5H2,1-3H3;6,9H,3-5H2,1-2H3;7,9H,3-6H2,1-2H3;6H,1,3H2,2H3. The van der Waals surface area contributed by atoms with Crippen molar-refractivity contribution in [2.75, 3.05) is 96.6 Å². The number of nitro groups is 1. The molecule has 0 radical (unpaired) electrons. The van der Waals surface area contributed by atoms with E-state index in [1.807, 2.05) is 37.5 Å². The van der Waals surface area contributed by atoms with Crippen LogP contribution < -0.4 is 28.7 Å². The molecule has 834 valence electrons. The van der Waals surface area contributed by atoms with E-state index in [2.05, 4.69) is 150 Å². The number of benzene rings is 2. The van der Waals surface area contributed by atoms with Crippen LogP contribution in [0.15, 0.2) is 131 Å². The van der Waals surface area contributed by atoms with Gasteiger partial charge >= 0.3 is 24.3 Å². The van der Waals surface area contributed by atoms with Crippen LogP contribution in [0.5, 0.6) is 11.8 Å². The van der Waals surface area contributed by atoms with Crippen LogP contribution in [-0.4, -0.2) is 245 Å². The molecular formula is C105H159F6N11O23S2Si2. The maximum Gasteiger partial charge on any atom is 0.394 e. The SMILES string of the molecule is C=C(CO)C(=O)OC.CC1(C)CC(=O)C(CO)C1.CC1(C)CC(=O)C(CO[Si](C)(C)C(C)(C)C)C1.CC1(C)CC(CO)CN1c1nc(-n2ccc(OCCC3(C(F)(F)F)CC3)n2)ccc1C(=O)NS(=O)(=O)c1ccccc1.CC1(C)CC(CO[Si](C)(C)C(C)(C)C)CN1c1nc(-n2ccc(OCCC3(C(F)(F)F)CC3)n2)ccc1C(=O)NS(=O)(=O)c1ccccc1.CC1(C)CCC(CO)C1.COC(=O)C(CO)CC(C)(C)[N+](=O)[O-]. The first kappa shape index (κ1) is 126. The molecule has 149 heavy (non-hydrogen) atoms. The molecule has 0 bridgehead atoms. The Hall–Kier alpha value is -9.65. The highest BCUT2D eigenvalue weighted by molar-refractivity contribution is 7.90. The highest BCUT2D eigenvalue weighted by atomic mass is 32.2. The number of esters is 2. The quantitative estimate of drug-likeness (QED) is 0.00492. The Balaban J connectivity index is 0.000000266. The van der Waals surface area contributed by atoms with Crippen molar-refractivity contribution < 1.29 is 130 Å². The third-order valence-corrected chi connectivity index (χ3v) is 41.3. The van der Waals surface area contributed by atoms with E-state index in [0.717, 1.165) is 25.7 Å². The predicted octanol–water partition coefficient (Wildman–Crippen LogP) is 17.9. The van der Waals surface area contributed by atoms with Crippen molar-refractivity contribution in [1.29, 1.82) is 0 Å². The van der Waals surface area contributed by atoms with E-state index in [0.29, 0.717) is 68.7 Å². The Morgan fingerprint density at radius 1 is 0.530 bits per heavy atom. The number of amides is 2. The number of ketones is 2. The molecular weight excluding hydrogens is 2020 g/mol. The minimum absolute atomic E-state index is 0.00966. The zero-order chi connectivity index (χ0) is 112. The Kier molecular flexibility index (Phi) is 42.8. The molecule has 2 aliphatic heterocycles. The van der Waals surface area contributed by atoms with Crippen LogP contribution in [-0.2, 0) is 57.6 Å². The second kappa shape index (κ2) is 50.5. The van der Waals surface area contributed by atoms with E-state index in [1.165, 1.54) is 124 Å². The van der Waals surface area contributed by atoms with Crippen molar-refractivity contribution in [2.24, 2.45) is 62.6 Å². The van der Waals surface area contributed by atoms with Crippen LogP contribution in [0.4, 0.5) is 38.0 Å². The van der Waals surface area contributed by atoms with Gasteiger partial charge in [-0.15, -0.1) is 10.2 Å². The van der Waals surface area contributed by atoms with Gasteiger partial charge in [0.1, 0.15) is 23.2 Å². The van der Waals surface area contributed by atoms with Crippen molar-refractivity contribution in [2.45, 2.75) is 302 Å². The van der Waals surface area contributed by atoms with Gasteiger partial charge in [0.05, 0.1) is 90.5 Å². The molecule has 7 aliphatic rings. The number of rotatable bonds is 34. The number of hydrogen-bond acceptors (Lipinski definition) is 29. The summed E-state index contributed by atoms with van der Waals surface area (Å²) in [5.74, 6) is -1.08. The van der Waals surface area contributed by atoms with Gasteiger partial charge in [-0.3, -0.25) is 34.1 Å². The third kappa shape index (κ3) is 35.2. The Morgan fingerprint density at radius 2 is 0.926 bits per heavy atom. The summed E-state index contributed by atoms with van der Waals surface area (Å²) in [6, 6.07) is 24.1. The van der Waals surface area contributed by atoms with Gasteiger partial charge in [0.15, 0.2) is 28.3 Å². The molecule has 2 amide bonds. The molecule has 5 saturated carbocycles. The summed E-state index contributed by atoms with van der Waals surface area (Å²) < 4.78 is 171. The van der Waals surface area contributed by atoms with Gasteiger partial charge in [-0.25, -0.2) is 50.4 Å². The van der Waals surface area contributed by atoms with Gasteiger partial charge in [0.25, 0.3) is 31.9 Å². The number of alkyl halides is 6. The number of ether oxygens (including phenoxy) is 4. The van der Waals surface area contributed by atoms with E-state index in [4.69, 9.17) is 43.7 Å². The molecule has 7 fully saturated rings. The maximum atomic E-state index is 13.7. The van der Waals surface area contributed by atoms with E-state index >= 15 is 0 Å². The molecule has 5 aliphatic carbocycles. The lowest BCUT2D eigenvalue weighted by molar-refractivity contribution is -0.562. The van der Waals surface area contributed by atoms with Crippen LogP contribution in [0.3, 0.4) is 0 Å². The molecule has 6 aromatic rings. The first-order chi connectivity index (χ1) is 68.6. The molecule has 6 atom stereocenters. The molecule has 6 unspecified atom stereocenters. The Bertz CT molecular complexity index is 5750. The highest BCUT2D eigenvalue weighted by Gasteiger charge is 2.64. The lowest BCUT2D eigenvalue weighted by Crippen LogP contribution is -2.42. The number of hydrogen-bond donors (Lipinski definition) is 7. The summed E-state index contributed by atoms with van der Waals surface area (Å²) in [5, 5.41) is 63.9. The number of aromatic nitrogens is 6. The largest absolute Gasteiger partial charge is 0.477 e. The molecule has 2 aromatic carbocycles. The zero-order valence-corrected chi connectivity index (χ0v) is 94.5. The highest BCUT2D eigenvalue weighted by Crippen LogP contribution is 2.61. The van der Waals surface area contributed by atoms with Crippen molar-refractivity contribution in [3.05, 3.63) is 143 Å². The number of anilines is 2. The number of halogens is 6. The van der Waals surface area contributed by atoms with Crippen LogP contribution in [0, 0.1) is 72.7 Å². The predicted molar refractivity (Wildman–Crippen MR) is 558 cm³/mol. The zero-order valence-electron chi connectivity index (χ0n) is 90.8. The summed E-state index contributed by atoms with van der Waals surface area (Å²) >= 11 is 0. The van der Waals surface area contributed by atoms with Crippen molar-refractivity contribution in [1.82, 2.24) is 39.0 Å². The average Bonchev–Trinajstić information content (AvgIpc) is 1.63.